The summed E-state index contributed by atoms with van der Waals surface area (Å²) in [5.74, 6) is -0.508. The first-order valence-electron chi connectivity index (χ1n) is 5.78. The van der Waals surface area contributed by atoms with Crippen molar-refractivity contribution in [1.29, 1.82) is 0 Å². The van der Waals surface area contributed by atoms with Gasteiger partial charge < -0.3 is 0 Å². The zero-order valence-corrected chi connectivity index (χ0v) is 10.6. The van der Waals surface area contributed by atoms with Gasteiger partial charge in [0.15, 0.2) is 0 Å². The third-order valence-corrected chi connectivity index (χ3v) is 5.12. The Balaban J connectivity index is 2.40. The molecular weight excluding hydrogens is 241 g/mol. The Labute approximate surface area is 101 Å². The highest BCUT2D eigenvalue weighted by molar-refractivity contribution is 7.89. The zero-order valence-electron chi connectivity index (χ0n) is 9.82. The summed E-state index contributed by atoms with van der Waals surface area (Å²) in [5, 5.41) is 0. The average molecular weight is 257 g/mol. The molecule has 1 aromatic rings. The molecule has 0 aromatic heterocycles. The lowest BCUT2D eigenvalue weighted by molar-refractivity contribution is 0.346. The van der Waals surface area contributed by atoms with Crippen LogP contribution < -0.4 is 0 Å². The van der Waals surface area contributed by atoms with Crippen LogP contribution in [0.15, 0.2) is 23.1 Å². The molecule has 1 aromatic carbocycles. The van der Waals surface area contributed by atoms with E-state index in [4.69, 9.17) is 0 Å². The van der Waals surface area contributed by atoms with Gasteiger partial charge in [-0.25, -0.2) is 12.8 Å². The van der Waals surface area contributed by atoms with E-state index in [0.29, 0.717) is 18.7 Å². The first kappa shape index (κ1) is 12.5. The highest BCUT2D eigenvalue weighted by atomic mass is 32.2. The van der Waals surface area contributed by atoms with Gasteiger partial charge in [-0.1, -0.05) is 12.5 Å². The lowest BCUT2D eigenvalue weighted by Gasteiger charge is -2.26. The van der Waals surface area contributed by atoms with Crippen molar-refractivity contribution in [3.05, 3.63) is 29.6 Å². The van der Waals surface area contributed by atoms with Gasteiger partial charge in [0.05, 0.1) is 4.90 Å². The Morgan fingerprint density at radius 1 is 1.18 bits per heavy atom. The van der Waals surface area contributed by atoms with Crippen LogP contribution >= 0.6 is 0 Å². The highest BCUT2D eigenvalue weighted by Gasteiger charge is 2.27. The fourth-order valence-electron chi connectivity index (χ4n) is 2.10. The van der Waals surface area contributed by atoms with E-state index in [1.54, 1.807) is 6.92 Å². The van der Waals surface area contributed by atoms with Crippen molar-refractivity contribution >= 4 is 10.0 Å². The molecule has 0 spiro atoms. The molecule has 1 fully saturated rings. The van der Waals surface area contributed by atoms with Gasteiger partial charge >= 0.3 is 0 Å². The van der Waals surface area contributed by atoms with Crippen LogP contribution in [0, 0.1) is 12.7 Å². The van der Waals surface area contributed by atoms with Gasteiger partial charge in [-0.05, 0) is 37.5 Å². The fourth-order valence-corrected chi connectivity index (χ4v) is 3.85. The molecule has 0 N–H and O–H groups in total. The first-order chi connectivity index (χ1) is 8.01. The summed E-state index contributed by atoms with van der Waals surface area (Å²) in [6.07, 6.45) is 2.83. The Kier molecular flexibility index (Phi) is 3.49. The molecule has 0 aliphatic carbocycles. The highest BCUT2D eigenvalue weighted by Crippen LogP contribution is 2.23. The van der Waals surface area contributed by atoms with Crippen molar-refractivity contribution in [3.8, 4) is 0 Å². The summed E-state index contributed by atoms with van der Waals surface area (Å²) >= 11 is 0. The van der Waals surface area contributed by atoms with Gasteiger partial charge in [0, 0.05) is 13.1 Å². The Morgan fingerprint density at radius 2 is 1.82 bits per heavy atom. The summed E-state index contributed by atoms with van der Waals surface area (Å²) in [6, 6.07) is 3.90. The molecule has 0 radical (unpaired) electrons. The molecule has 0 amide bonds. The number of piperidine rings is 1. The molecule has 1 heterocycles. The van der Waals surface area contributed by atoms with E-state index in [1.165, 1.54) is 16.4 Å². The number of hydrogen-bond acceptors (Lipinski definition) is 2. The molecule has 0 unspecified atom stereocenters. The van der Waals surface area contributed by atoms with Crippen molar-refractivity contribution < 1.29 is 12.8 Å². The normalized spacial score (nSPS) is 18.2. The monoisotopic (exact) mass is 257 g/mol. The van der Waals surface area contributed by atoms with Crippen molar-refractivity contribution in [2.45, 2.75) is 31.1 Å². The van der Waals surface area contributed by atoms with Crippen LogP contribution in [-0.4, -0.2) is 25.8 Å². The lowest BCUT2D eigenvalue weighted by Crippen LogP contribution is -2.36. The minimum Gasteiger partial charge on any atom is -0.207 e. The second-order valence-corrected chi connectivity index (χ2v) is 6.28. The molecule has 2 rings (SSSR count). The summed E-state index contributed by atoms with van der Waals surface area (Å²) in [4.78, 5) is 0.0967. The third-order valence-electron chi connectivity index (χ3n) is 3.08. The molecule has 3 nitrogen and oxygen atoms in total. The van der Waals surface area contributed by atoms with Crippen molar-refractivity contribution in [2.75, 3.05) is 13.1 Å². The van der Waals surface area contributed by atoms with Crippen LogP contribution in [0.1, 0.15) is 24.8 Å². The van der Waals surface area contributed by atoms with Gasteiger partial charge in [-0.15, -0.1) is 0 Å². The van der Waals surface area contributed by atoms with E-state index in [-0.39, 0.29) is 4.90 Å². The third kappa shape index (κ3) is 2.50. The van der Waals surface area contributed by atoms with Crippen molar-refractivity contribution in [1.82, 2.24) is 4.31 Å². The quantitative estimate of drug-likeness (QED) is 0.815. The largest absolute Gasteiger partial charge is 0.243 e. The summed E-state index contributed by atoms with van der Waals surface area (Å²) < 4.78 is 39.3. The molecule has 1 saturated heterocycles. The maximum Gasteiger partial charge on any atom is 0.243 e. The summed E-state index contributed by atoms with van der Waals surface area (Å²) in [7, 11) is -3.52. The van der Waals surface area contributed by atoms with E-state index in [2.05, 4.69) is 0 Å². The predicted octanol–water partition coefficient (Wildman–Crippen LogP) is 2.31. The Hall–Kier alpha value is -0.940. The minimum atomic E-state index is -3.52. The Bertz CT molecular complexity index is 507. The first-order valence-corrected chi connectivity index (χ1v) is 7.22. The molecule has 17 heavy (non-hydrogen) atoms. The molecule has 1 aliphatic heterocycles. The molecule has 94 valence electrons. The standard InChI is InChI=1S/C12H16FNO2S/c1-10-5-6-11(13)9-12(10)17(15,16)14-7-3-2-4-8-14/h5-6,9H,2-4,7-8H2,1H3. The van der Waals surface area contributed by atoms with Gasteiger partial charge in [0.1, 0.15) is 5.82 Å². The SMILES string of the molecule is Cc1ccc(F)cc1S(=O)(=O)N1CCCCC1. The van der Waals surface area contributed by atoms with Crippen LogP contribution in [0.25, 0.3) is 0 Å². The number of sulfonamides is 1. The number of aryl methyl sites for hydroxylation is 1. The van der Waals surface area contributed by atoms with Crippen LogP contribution in [0.2, 0.25) is 0 Å². The fraction of sp³-hybridized carbons (Fsp3) is 0.500. The van der Waals surface area contributed by atoms with Gasteiger partial charge in [-0.2, -0.15) is 4.31 Å². The van der Waals surface area contributed by atoms with Gasteiger partial charge in [0.2, 0.25) is 10.0 Å². The maximum atomic E-state index is 13.2. The summed E-state index contributed by atoms with van der Waals surface area (Å²) in [6.45, 7) is 2.77. The van der Waals surface area contributed by atoms with E-state index < -0.39 is 15.8 Å². The van der Waals surface area contributed by atoms with Crippen molar-refractivity contribution in [3.63, 3.8) is 0 Å². The van der Waals surface area contributed by atoms with Crippen LogP contribution in [0.5, 0.6) is 0 Å². The molecule has 5 heteroatoms. The van der Waals surface area contributed by atoms with Gasteiger partial charge in [0.25, 0.3) is 0 Å². The molecular formula is C12H16FNO2S. The van der Waals surface area contributed by atoms with Crippen LogP contribution in [0.4, 0.5) is 4.39 Å². The van der Waals surface area contributed by atoms with Crippen LogP contribution in [-0.2, 0) is 10.0 Å². The zero-order chi connectivity index (χ0) is 12.5. The van der Waals surface area contributed by atoms with E-state index in [1.807, 2.05) is 0 Å². The second-order valence-electron chi connectivity index (χ2n) is 4.37. The average Bonchev–Trinajstić information content (AvgIpc) is 2.33. The topological polar surface area (TPSA) is 37.4 Å². The van der Waals surface area contributed by atoms with Crippen molar-refractivity contribution in [2.24, 2.45) is 0 Å². The smallest absolute Gasteiger partial charge is 0.207 e. The Morgan fingerprint density at radius 3 is 2.47 bits per heavy atom. The van der Waals surface area contributed by atoms with E-state index >= 15 is 0 Å². The van der Waals surface area contributed by atoms with Gasteiger partial charge in [-0.3, -0.25) is 0 Å². The lowest BCUT2D eigenvalue weighted by atomic mass is 10.2. The van der Waals surface area contributed by atoms with E-state index in [9.17, 15) is 12.8 Å². The summed E-state index contributed by atoms with van der Waals surface area (Å²) in [5.41, 5.74) is 0.594. The number of benzene rings is 1. The number of halogens is 1. The molecule has 1 aliphatic rings. The van der Waals surface area contributed by atoms with E-state index in [0.717, 1.165) is 25.3 Å². The number of hydrogen-bond donors (Lipinski definition) is 0. The molecule has 0 saturated carbocycles. The predicted molar refractivity (Wildman–Crippen MR) is 63.7 cm³/mol. The maximum absolute atomic E-state index is 13.2. The van der Waals surface area contributed by atoms with Crippen LogP contribution in [0.3, 0.4) is 0 Å². The number of nitrogens with zero attached hydrogens (tertiary/aromatic N) is 1. The second kappa shape index (κ2) is 4.74. The number of rotatable bonds is 2. The molecule has 0 atom stereocenters. The minimum absolute atomic E-state index is 0.0967. The molecule has 0 bridgehead atoms.